The third-order valence-corrected chi connectivity index (χ3v) is 20.0. The Hall–Kier alpha value is -10.7. The first kappa shape index (κ1) is 58.4. The summed E-state index contributed by atoms with van der Waals surface area (Å²) in [6, 6.07) is 107. The van der Waals surface area contributed by atoms with Gasteiger partial charge in [0.1, 0.15) is 0 Å². The molecule has 14 aromatic rings. The summed E-state index contributed by atoms with van der Waals surface area (Å²) >= 11 is 0. The van der Waals surface area contributed by atoms with E-state index in [1.54, 1.807) is 0 Å². The number of rotatable bonds is 9. The molecule has 3 heterocycles. The first-order valence-corrected chi connectivity index (χ1v) is 33.3. The quantitative estimate of drug-likeness (QED) is 0.133. The summed E-state index contributed by atoms with van der Waals surface area (Å²) in [5.74, 6) is 0. The molecule has 0 radical (unpaired) electrons. The maximum atomic E-state index is 2.72. The van der Waals surface area contributed by atoms with Crippen LogP contribution in [0.4, 0.5) is 34.1 Å². The molecule has 3 nitrogen and oxygen atoms in total. The van der Waals surface area contributed by atoms with Crippen molar-refractivity contribution >= 4 is 79.0 Å². The lowest BCUT2D eigenvalue weighted by Crippen LogP contribution is -2.61. The average molecular weight is 1210 g/mol. The Morgan fingerprint density at radius 3 is 0.968 bits per heavy atom. The summed E-state index contributed by atoms with van der Waals surface area (Å²) in [6.45, 7) is 22.9. The summed E-state index contributed by atoms with van der Waals surface area (Å²) in [5.41, 5.74) is 35.3. The van der Waals surface area contributed by atoms with Gasteiger partial charge in [-0.25, -0.2) is 0 Å². The van der Waals surface area contributed by atoms with Crippen LogP contribution >= 0.6 is 0 Å². The molecule has 0 amide bonds. The van der Waals surface area contributed by atoms with Gasteiger partial charge in [-0.15, -0.1) is 0 Å². The minimum atomic E-state index is -0.209. The molecule has 13 aromatic carbocycles. The lowest BCUT2D eigenvalue weighted by Gasteiger charge is -2.46. The van der Waals surface area contributed by atoms with Gasteiger partial charge in [-0.05, 0) is 182 Å². The van der Waals surface area contributed by atoms with Gasteiger partial charge in [-0.3, -0.25) is 0 Å². The summed E-state index contributed by atoms with van der Waals surface area (Å²) < 4.78 is 2.55. The predicted octanol–water partition coefficient (Wildman–Crippen LogP) is 22.7. The third-order valence-electron chi connectivity index (χ3n) is 20.0. The lowest BCUT2D eigenvalue weighted by molar-refractivity contribution is 0.590. The van der Waals surface area contributed by atoms with Gasteiger partial charge in [0.15, 0.2) is 0 Å². The Morgan fingerprint density at radius 2 is 0.628 bits per heavy atom. The van der Waals surface area contributed by atoms with Crippen LogP contribution in [0, 0.1) is 27.7 Å². The van der Waals surface area contributed by atoms with Crippen molar-refractivity contribution in [3.63, 3.8) is 0 Å². The van der Waals surface area contributed by atoms with Crippen LogP contribution in [0.5, 0.6) is 0 Å². The summed E-state index contributed by atoms with van der Waals surface area (Å²) in [5, 5.41) is 2.43. The normalized spacial score (nSPS) is 12.7. The highest BCUT2D eigenvalue weighted by atomic mass is 15.2. The van der Waals surface area contributed by atoms with Crippen LogP contribution in [0.2, 0.25) is 0 Å². The molecule has 1 aromatic heterocycles. The lowest BCUT2D eigenvalue weighted by atomic mass is 9.33. The zero-order chi connectivity index (χ0) is 64.3. The van der Waals surface area contributed by atoms with Crippen molar-refractivity contribution in [2.45, 2.75) is 80.1 Å². The van der Waals surface area contributed by atoms with Crippen LogP contribution in [0.15, 0.2) is 279 Å². The number of nitrogens with zero attached hydrogens (tertiary/aromatic N) is 3. The summed E-state index contributed by atoms with van der Waals surface area (Å²) in [6.07, 6.45) is 0. The molecule has 0 aliphatic carbocycles. The van der Waals surface area contributed by atoms with E-state index in [4.69, 9.17) is 0 Å². The molecular formula is C90H76BN3. The number of anilines is 6. The van der Waals surface area contributed by atoms with Crippen LogP contribution in [0.3, 0.4) is 0 Å². The van der Waals surface area contributed by atoms with Crippen molar-refractivity contribution in [1.82, 2.24) is 4.57 Å². The third kappa shape index (κ3) is 9.81. The van der Waals surface area contributed by atoms with Crippen LogP contribution in [0.1, 0.15) is 74.9 Å². The molecule has 0 N–H and O–H groups in total. The number of para-hydroxylation sites is 2. The van der Waals surface area contributed by atoms with Crippen molar-refractivity contribution in [1.29, 1.82) is 0 Å². The van der Waals surface area contributed by atoms with E-state index in [9.17, 15) is 0 Å². The minimum absolute atomic E-state index is 0.183. The maximum Gasteiger partial charge on any atom is 0.252 e. The molecule has 0 bridgehead atoms. The van der Waals surface area contributed by atoms with Crippen LogP contribution in [-0.4, -0.2) is 11.3 Å². The van der Waals surface area contributed by atoms with E-state index >= 15 is 0 Å². The molecule has 4 heteroatoms. The zero-order valence-electron chi connectivity index (χ0n) is 55.5. The van der Waals surface area contributed by atoms with Gasteiger partial charge in [0.25, 0.3) is 6.71 Å². The van der Waals surface area contributed by atoms with Crippen molar-refractivity contribution in [3.8, 4) is 72.4 Å². The van der Waals surface area contributed by atoms with E-state index in [-0.39, 0.29) is 17.5 Å². The Balaban J connectivity index is 1.14. The van der Waals surface area contributed by atoms with Gasteiger partial charge in [0.2, 0.25) is 0 Å². The Morgan fingerprint density at radius 1 is 0.287 bits per heavy atom. The summed E-state index contributed by atoms with van der Waals surface area (Å²) in [4.78, 5) is 5.44. The van der Waals surface area contributed by atoms with Gasteiger partial charge < -0.3 is 14.4 Å². The molecule has 0 spiro atoms. The largest absolute Gasteiger partial charge is 0.310 e. The summed E-state index contributed by atoms with van der Waals surface area (Å²) in [7, 11) is 0. The number of hydrogen-bond donors (Lipinski definition) is 0. The van der Waals surface area contributed by atoms with Gasteiger partial charge in [0, 0.05) is 55.8 Å². The molecule has 16 rings (SSSR count). The zero-order valence-corrected chi connectivity index (χ0v) is 55.5. The second-order valence-corrected chi connectivity index (χ2v) is 28.4. The molecule has 0 saturated carbocycles. The van der Waals surface area contributed by atoms with Crippen molar-refractivity contribution in [3.05, 3.63) is 312 Å². The fourth-order valence-electron chi connectivity index (χ4n) is 15.4. The highest BCUT2D eigenvalue weighted by Gasteiger charge is 2.46. The van der Waals surface area contributed by atoms with Gasteiger partial charge in [0.05, 0.1) is 28.1 Å². The topological polar surface area (TPSA) is 11.4 Å². The molecule has 0 saturated heterocycles. The Bertz CT molecular complexity index is 4870. The van der Waals surface area contributed by atoms with Crippen molar-refractivity contribution in [2.75, 3.05) is 9.80 Å². The fraction of sp³-hybridized carbons (Fsp3) is 0.133. The van der Waals surface area contributed by atoms with Crippen LogP contribution < -0.4 is 26.2 Å². The number of hydrogen-bond acceptors (Lipinski definition) is 2. The number of benzene rings is 13. The van der Waals surface area contributed by atoms with Gasteiger partial charge >= 0.3 is 0 Å². The first-order chi connectivity index (χ1) is 45.6. The van der Waals surface area contributed by atoms with E-state index in [1.807, 2.05) is 0 Å². The number of aryl methyl sites for hydroxylation is 4. The van der Waals surface area contributed by atoms with E-state index in [0.717, 1.165) is 73.1 Å². The molecule has 2 aliphatic heterocycles. The predicted molar refractivity (Wildman–Crippen MR) is 404 cm³/mol. The molecule has 454 valence electrons. The molecule has 94 heavy (non-hydrogen) atoms. The second-order valence-electron chi connectivity index (χ2n) is 28.4. The fourth-order valence-corrected chi connectivity index (χ4v) is 15.4. The van der Waals surface area contributed by atoms with Crippen LogP contribution in [-0.2, 0) is 10.8 Å². The molecular weight excluding hydrogens is 1130 g/mol. The molecule has 0 atom stereocenters. The SMILES string of the molecule is Cc1ccc(-c2ccc3c(c2)N(c2c(-c4ccccc4)cc(C(C)(C)C)cc2-c2ccccc2)c2cc(-n4c5ccccc5c5ccccc54)cc4c2B3c2ccc(-c3ccc(C)cc3C)cc2N4c2c(-c3ccccc3)cc(C(C)(C)C)cc2-c2ccccc2)c(C)c1. The van der Waals surface area contributed by atoms with E-state index in [1.165, 1.54) is 105 Å². The van der Waals surface area contributed by atoms with Gasteiger partial charge in [-0.1, -0.05) is 271 Å². The van der Waals surface area contributed by atoms with E-state index < -0.39 is 0 Å². The Labute approximate surface area is 555 Å². The molecule has 0 unspecified atom stereocenters. The smallest absolute Gasteiger partial charge is 0.252 e. The monoisotopic (exact) mass is 1210 g/mol. The van der Waals surface area contributed by atoms with Gasteiger partial charge in [-0.2, -0.15) is 0 Å². The van der Waals surface area contributed by atoms with E-state index in [2.05, 4.69) is 363 Å². The average Bonchev–Trinajstić information content (AvgIpc) is 0.717. The molecule has 2 aliphatic rings. The van der Waals surface area contributed by atoms with E-state index in [0.29, 0.717) is 0 Å². The highest BCUT2D eigenvalue weighted by molar-refractivity contribution is 7.00. The van der Waals surface area contributed by atoms with Crippen molar-refractivity contribution in [2.24, 2.45) is 0 Å². The van der Waals surface area contributed by atoms with Crippen LogP contribution in [0.25, 0.3) is 94.3 Å². The first-order valence-electron chi connectivity index (χ1n) is 33.3. The minimum Gasteiger partial charge on any atom is -0.310 e. The highest BCUT2D eigenvalue weighted by Crippen LogP contribution is 2.56. The number of aromatic nitrogens is 1. The Kier molecular flexibility index (Phi) is 14.0. The number of fused-ring (bicyclic) bond motifs is 7. The molecule has 0 fully saturated rings. The maximum absolute atomic E-state index is 2.72. The second kappa shape index (κ2) is 22.6. The van der Waals surface area contributed by atoms with Crippen molar-refractivity contribution < 1.29 is 0 Å². The standard InChI is InChI=1S/C90H76BN3/c1-57-39-43-70(59(3)47-57)65-41-45-78-82(49-65)93(87-74(61-27-15-11-16-28-61)51-67(89(5,6)7)52-75(87)62-29-17-12-18-30-62)84-55-69(92-80-37-25-23-35-72(80)73-36-24-26-38-81(73)92)56-85-86(84)91(78)79-46-42-66(71-44-40-58(2)48-60(71)4)50-83(79)94(85)88-76(63-31-19-13-20-32-63)53-68(90(8,9)10)54-77(88)64-33-21-14-22-34-64/h11-56H,1-10H3.